The normalized spacial score (nSPS) is 12.8. The van der Waals surface area contributed by atoms with Gasteiger partial charge in [-0.3, -0.25) is 4.90 Å². The molecule has 0 aliphatic heterocycles. The SMILES string of the molecule is CCN(C(=O)OC(C)(C)C)C(C(=O)O)c1sccc1Br. The van der Waals surface area contributed by atoms with Gasteiger partial charge < -0.3 is 9.84 Å². The number of carboxylic acid groups (broad SMARTS) is 1. The minimum Gasteiger partial charge on any atom is -0.479 e. The van der Waals surface area contributed by atoms with E-state index in [4.69, 9.17) is 4.74 Å². The third-order valence-electron chi connectivity index (χ3n) is 2.41. The number of hydrogen-bond donors (Lipinski definition) is 1. The molecule has 1 aromatic heterocycles. The molecule has 0 spiro atoms. The van der Waals surface area contributed by atoms with Gasteiger partial charge in [0.2, 0.25) is 0 Å². The monoisotopic (exact) mass is 363 g/mol. The van der Waals surface area contributed by atoms with Crippen molar-refractivity contribution in [3.05, 3.63) is 20.8 Å². The summed E-state index contributed by atoms with van der Waals surface area (Å²) in [4.78, 5) is 25.5. The van der Waals surface area contributed by atoms with Gasteiger partial charge in [-0.2, -0.15) is 0 Å². The second-order valence-corrected chi connectivity index (χ2v) is 6.94. The molecule has 20 heavy (non-hydrogen) atoms. The molecule has 1 N–H and O–H groups in total. The molecular weight excluding hydrogens is 346 g/mol. The average Bonchev–Trinajstić information content (AvgIpc) is 2.68. The zero-order valence-electron chi connectivity index (χ0n) is 11.8. The maximum Gasteiger partial charge on any atom is 0.411 e. The zero-order chi connectivity index (χ0) is 15.5. The third-order valence-corrected chi connectivity index (χ3v) is 4.33. The predicted molar refractivity (Wildman–Crippen MR) is 81.0 cm³/mol. The number of carbonyl (C=O) groups is 2. The summed E-state index contributed by atoms with van der Waals surface area (Å²) in [6.45, 7) is 7.21. The van der Waals surface area contributed by atoms with E-state index in [0.717, 1.165) is 0 Å². The molecule has 0 saturated carbocycles. The van der Waals surface area contributed by atoms with Crippen molar-refractivity contribution in [2.24, 2.45) is 0 Å². The summed E-state index contributed by atoms with van der Waals surface area (Å²) < 4.78 is 5.95. The second-order valence-electron chi connectivity index (χ2n) is 5.14. The van der Waals surface area contributed by atoms with E-state index in [1.807, 2.05) is 0 Å². The Morgan fingerprint density at radius 1 is 1.50 bits per heavy atom. The van der Waals surface area contributed by atoms with Crippen molar-refractivity contribution >= 4 is 39.3 Å². The van der Waals surface area contributed by atoms with Gasteiger partial charge in [0.15, 0.2) is 6.04 Å². The lowest BCUT2D eigenvalue weighted by molar-refractivity contribution is -0.143. The van der Waals surface area contributed by atoms with Crippen LogP contribution in [0, 0.1) is 0 Å². The van der Waals surface area contributed by atoms with Crippen LogP contribution in [-0.2, 0) is 9.53 Å². The molecule has 1 aromatic rings. The number of ether oxygens (including phenoxy) is 1. The number of halogens is 1. The van der Waals surface area contributed by atoms with Crippen LogP contribution in [0.1, 0.15) is 38.6 Å². The van der Waals surface area contributed by atoms with Crippen molar-refractivity contribution in [3.63, 3.8) is 0 Å². The van der Waals surface area contributed by atoms with E-state index < -0.39 is 23.7 Å². The Balaban J connectivity index is 3.09. The highest BCUT2D eigenvalue weighted by atomic mass is 79.9. The fourth-order valence-electron chi connectivity index (χ4n) is 1.63. The van der Waals surface area contributed by atoms with Crippen molar-refractivity contribution in [1.82, 2.24) is 4.90 Å². The number of rotatable bonds is 4. The lowest BCUT2D eigenvalue weighted by atomic mass is 10.2. The molecule has 112 valence electrons. The molecule has 0 saturated heterocycles. The van der Waals surface area contributed by atoms with E-state index in [0.29, 0.717) is 9.35 Å². The molecule has 0 radical (unpaired) electrons. The van der Waals surface area contributed by atoms with Crippen LogP contribution in [0.4, 0.5) is 4.79 Å². The van der Waals surface area contributed by atoms with Crippen LogP contribution >= 0.6 is 27.3 Å². The molecule has 1 amide bonds. The molecule has 1 unspecified atom stereocenters. The minimum absolute atomic E-state index is 0.246. The van der Waals surface area contributed by atoms with Crippen molar-refractivity contribution in [3.8, 4) is 0 Å². The molecule has 1 heterocycles. The largest absolute Gasteiger partial charge is 0.479 e. The Hall–Kier alpha value is -1.08. The standard InChI is InChI=1S/C13H18BrNO4S/c1-5-15(12(18)19-13(2,3)4)9(11(16)17)10-8(14)6-7-20-10/h6-7,9H,5H2,1-4H3,(H,16,17). The number of carboxylic acids is 1. The molecule has 0 aromatic carbocycles. The Labute approximate surface area is 130 Å². The van der Waals surface area contributed by atoms with Gasteiger partial charge in [-0.25, -0.2) is 9.59 Å². The highest BCUT2D eigenvalue weighted by Gasteiger charge is 2.35. The lowest BCUT2D eigenvalue weighted by Gasteiger charge is -2.30. The summed E-state index contributed by atoms with van der Waals surface area (Å²) >= 11 is 4.60. The maximum atomic E-state index is 12.2. The highest BCUT2D eigenvalue weighted by molar-refractivity contribution is 9.10. The van der Waals surface area contributed by atoms with Crippen molar-refractivity contribution < 1.29 is 19.4 Å². The van der Waals surface area contributed by atoms with E-state index in [1.54, 1.807) is 39.1 Å². The smallest absolute Gasteiger partial charge is 0.411 e. The molecular formula is C13H18BrNO4S. The Bertz CT molecular complexity index is 495. The van der Waals surface area contributed by atoms with Crippen LogP contribution in [0.15, 0.2) is 15.9 Å². The van der Waals surface area contributed by atoms with E-state index in [2.05, 4.69) is 15.9 Å². The van der Waals surface area contributed by atoms with Gasteiger partial charge in [0.25, 0.3) is 0 Å². The van der Waals surface area contributed by atoms with Gasteiger partial charge in [0.05, 0.1) is 4.88 Å². The Kier molecular flexibility index (Phi) is 5.59. The van der Waals surface area contributed by atoms with Gasteiger partial charge >= 0.3 is 12.1 Å². The quantitative estimate of drug-likeness (QED) is 0.880. The summed E-state index contributed by atoms with van der Waals surface area (Å²) in [5.74, 6) is -1.08. The molecule has 0 bridgehead atoms. The fourth-order valence-corrected chi connectivity index (χ4v) is 3.32. The van der Waals surface area contributed by atoms with Crippen LogP contribution in [-0.4, -0.2) is 34.2 Å². The first-order chi connectivity index (χ1) is 9.17. The lowest BCUT2D eigenvalue weighted by Crippen LogP contribution is -2.41. The van der Waals surface area contributed by atoms with Crippen LogP contribution in [0.5, 0.6) is 0 Å². The predicted octanol–water partition coefficient (Wildman–Crippen LogP) is 3.89. The number of thiophene rings is 1. The number of hydrogen-bond acceptors (Lipinski definition) is 4. The molecule has 7 heteroatoms. The summed E-state index contributed by atoms with van der Waals surface area (Å²) in [6, 6.07) is 0.711. The zero-order valence-corrected chi connectivity index (χ0v) is 14.2. The summed E-state index contributed by atoms with van der Waals surface area (Å²) in [7, 11) is 0. The Morgan fingerprint density at radius 2 is 2.10 bits per heavy atom. The highest BCUT2D eigenvalue weighted by Crippen LogP contribution is 2.33. The molecule has 0 aliphatic carbocycles. The molecule has 5 nitrogen and oxygen atoms in total. The topological polar surface area (TPSA) is 66.8 Å². The van der Waals surface area contributed by atoms with Crippen molar-refractivity contribution in [2.45, 2.75) is 39.3 Å². The maximum absolute atomic E-state index is 12.2. The first-order valence-electron chi connectivity index (χ1n) is 6.12. The first-order valence-corrected chi connectivity index (χ1v) is 7.80. The van der Waals surface area contributed by atoms with Crippen molar-refractivity contribution in [2.75, 3.05) is 6.54 Å². The van der Waals surface area contributed by atoms with Crippen molar-refractivity contribution in [1.29, 1.82) is 0 Å². The second kappa shape index (κ2) is 6.58. The summed E-state index contributed by atoms with van der Waals surface area (Å²) in [5, 5.41) is 11.2. The van der Waals surface area contributed by atoms with Gasteiger partial charge in [0, 0.05) is 11.0 Å². The first kappa shape index (κ1) is 17.0. The number of nitrogens with zero attached hydrogens (tertiary/aromatic N) is 1. The Morgan fingerprint density at radius 3 is 2.45 bits per heavy atom. The molecule has 1 atom stereocenters. The number of aliphatic carboxylic acids is 1. The third kappa shape index (κ3) is 4.21. The van der Waals surface area contributed by atoms with E-state index in [1.165, 1.54) is 16.2 Å². The number of likely N-dealkylation sites (N-methyl/N-ethyl adjacent to an activating group) is 1. The van der Waals surface area contributed by atoms with E-state index in [-0.39, 0.29) is 6.54 Å². The van der Waals surface area contributed by atoms with Crippen LogP contribution < -0.4 is 0 Å². The van der Waals surface area contributed by atoms with Gasteiger partial charge in [-0.05, 0) is 55.1 Å². The molecule has 1 rings (SSSR count). The van der Waals surface area contributed by atoms with Crippen LogP contribution in [0.3, 0.4) is 0 Å². The summed E-state index contributed by atoms with van der Waals surface area (Å²) in [5.41, 5.74) is -0.666. The molecule has 0 fully saturated rings. The minimum atomic E-state index is -1.08. The van der Waals surface area contributed by atoms with Gasteiger partial charge in [-0.15, -0.1) is 11.3 Å². The van der Waals surface area contributed by atoms with Crippen LogP contribution in [0.25, 0.3) is 0 Å². The molecule has 0 aliphatic rings. The van der Waals surface area contributed by atoms with Crippen LogP contribution in [0.2, 0.25) is 0 Å². The van der Waals surface area contributed by atoms with E-state index >= 15 is 0 Å². The summed E-state index contributed by atoms with van der Waals surface area (Å²) in [6.07, 6.45) is -0.632. The average molecular weight is 364 g/mol. The number of carbonyl (C=O) groups excluding carboxylic acids is 1. The fraction of sp³-hybridized carbons (Fsp3) is 0.538. The van der Waals surface area contributed by atoms with E-state index in [9.17, 15) is 14.7 Å². The van der Waals surface area contributed by atoms with Gasteiger partial charge in [-0.1, -0.05) is 0 Å². The van der Waals surface area contributed by atoms with Gasteiger partial charge in [0.1, 0.15) is 5.60 Å². The number of amides is 1.